The van der Waals surface area contributed by atoms with Crippen LogP contribution in [0.3, 0.4) is 0 Å². The summed E-state index contributed by atoms with van der Waals surface area (Å²) in [6.07, 6.45) is -0.0623. The van der Waals surface area contributed by atoms with Crippen LogP contribution in [0, 0.1) is 5.92 Å². The number of benzene rings is 1. The first-order valence-electron chi connectivity index (χ1n) is 10.1. The van der Waals surface area contributed by atoms with Gasteiger partial charge in [0.2, 0.25) is 11.6 Å². The topological polar surface area (TPSA) is 71.3 Å². The number of hydrogen-bond donors (Lipinski definition) is 2. The zero-order chi connectivity index (χ0) is 21.4. The zero-order valence-corrected chi connectivity index (χ0v) is 19.6. The van der Waals surface area contributed by atoms with Crippen LogP contribution in [-0.4, -0.2) is 48.5 Å². The molecule has 0 amide bonds. The number of aliphatic imine (C=N–C) groups is 1. The van der Waals surface area contributed by atoms with E-state index in [1.54, 1.807) is 6.92 Å². The Hall–Kier alpha value is -1.21. The van der Waals surface area contributed by atoms with Gasteiger partial charge in [-0.05, 0) is 49.5 Å². The Bertz CT molecular complexity index is 694. The standard InChI is InChI=1S/C22H37NO4Si/c1-16(2)14-18-22(25,23-19(27-18)17-12-10-9-11-13-17)21(6,24)15-26-28(7,8)20(3,4)5/h9-13,16,18,24-25H,14-15H2,1-8H3/t18-,21+,22?/m0/s1. The van der Waals surface area contributed by atoms with E-state index in [0.717, 1.165) is 5.56 Å². The summed E-state index contributed by atoms with van der Waals surface area (Å²) in [6, 6.07) is 9.49. The van der Waals surface area contributed by atoms with E-state index in [9.17, 15) is 10.2 Å². The largest absolute Gasteiger partial charge is 0.469 e. The van der Waals surface area contributed by atoms with E-state index >= 15 is 0 Å². The van der Waals surface area contributed by atoms with Crippen LogP contribution in [0.4, 0.5) is 0 Å². The molecule has 5 nitrogen and oxygen atoms in total. The molecule has 0 aliphatic carbocycles. The fourth-order valence-electron chi connectivity index (χ4n) is 2.93. The average Bonchev–Trinajstić information content (AvgIpc) is 2.91. The van der Waals surface area contributed by atoms with Crippen molar-refractivity contribution in [3.8, 4) is 0 Å². The van der Waals surface area contributed by atoms with Gasteiger partial charge in [-0.25, -0.2) is 4.99 Å². The van der Waals surface area contributed by atoms with Gasteiger partial charge in [-0.2, -0.15) is 0 Å². The molecule has 0 saturated heterocycles. The Morgan fingerprint density at radius 2 is 1.75 bits per heavy atom. The highest BCUT2D eigenvalue weighted by Gasteiger charge is 2.58. The first kappa shape index (κ1) is 23.1. The minimum Gasteiger partial charge on any atom is -0.469 e. The number of ether oxygens (including phenoxy) is 1. The van der Waals surface area contributed by atoms with Gasteiger partial charge in [0.05, 0.1) is 6.61 Å². The molecule has 28 heavy (non-hydrogen) atoms. The summed E-state index contributed by atoms with van der Waals surface area (Å²) < 4.78 is 12.3. The van der Waals surface area contributed by atoms with Crippen molar-refractivity contribution in [3.63, 3.8) is 0 Å². The van der Waals surface area contributed by atoms with Crippen molar-refractivity contribution in [1.82, 2.24) is 0 Å². The van der Waals surface area contributed by atoms with Crippen LogP contribution >= 0.6 is 0 Å². The molecule has 0 fully saturated rings. The lowest BCUT2D eigenvalue weighted by Crippen LogP contribution is -2.61. The smallest absolute Gasteiger partial charge is 0.228 e. The Kier molecular flexibility index (Phi) is 6.51. The number of rotatable bonds is 7. The molecule has 0 aromatic heterocycles. The van der Waals surface area contributed by atoms with Crippen molar-refractivity contribution in [2.75, 3.05) is 6.61 Å². The van der Waals surface area contributed by atoms with E-state index in [-0.39, 0.29) is 17.6 Å². The highest BCUT2D eigenvalue weighted by molar-refractivity contribution is 6.74. The summed E-state index contributed by atoms with van der Waals surface area (Å²) in [7, 11) is -2.09. The van der Waals surface area contributed by atoms with E-state index in [1.807, 2.05) is 30.3 Å². The minimum absolute atomic E-state index is 0.00349. The summed E-state index contributed by atoms with van der Waals surface area (Å²) >= 11 is 0. The molecule has 3 atom stereocenters. The SMILES string of the molecule is CC(C)C[C@@H]1OC(c2ccccc2)=NC1(O)[C@](C)(O)CO[Si](C)(C)C(C)(C)C. The van der Waals surface area contributed by atoms with Gasteiger partial charge in [0.25, 0.3) is 0 Å². The molecule has 1 heterocycles. The summed E-state index contributed by atoms with van der Waals surface area (Å²) in [6.45, 7) is 16.4. The van der Waals surface area contributed by atoms with E-state index in [2.05, 4.69) is 52.7 Å². The van der Waals surface area contributed by atoms with Crippen LogP contribution in [0.2, 0.25) is 18.1 Å². The summed E-state index contributed by atoms with van der Waals surface area (Å²) in [4.78, 5) is 4.49. The molecular weight excluding hydrogens is 370 g/mol. The maximum absolute atomic E-state index is 11.5. The predicted molar refractivity (Wildman–Crippen MR) is 116 cm³/mol. The molecule has 1 aliphatic heterocycles. The Morgan fingerprint density at radius 3 is 2.25 bits per heavy atom. The molecule has 2 rings (SSSR count). The number of nitrogens with zero attached hydrogens (tertiary/aromatic N) is 1. The first-order valence-corrected chi connectivity index (χ1v) is 13.0. The van der Waals surface area contributed by atoms with E-state index in [0.29, 0.717) is 12.3 Å². The fraction of sp³-hybridized carbons (Fsp3) is 0.682. The lowest BCUT2D eigenvalue weighted by atomic mass is 9.85. The summed E-state index contributed by atoms with van der Waals surface area (Å²) in [5.41, 5.74) is -2.57. The van der Waals surface area contributed by atoms with E-state index in [1.165, 1.54) is 0 Å². The predicted octanol–water partition coefficient (Wildman–Crippen LogP) is 4.34. The van der Waals surface area contributed by atoms with Gasteiger partial charge >= 0.3 is 0 Å². The second kappa shape index (κ2) is 7.90. The maximum Gasteiger partial charge on any atom is 0.228 e. The van der Waals surface area contributed by atoms with E-state index in [4.69, 9.17) is 9.16 Å². The molecule has 0 saturated carbocycles. The Morgan fingerprint density at radius 1 is 1.18 bits per heavy atom. The summed E-state index contributed by atoms with van der Waals surface area (Å²) in [5.74, 6) is 0.639. The molecule has 0 spiro atoms. The van der Waals surface area contributed by atoms with Gasteiger partial charge in [0.15, 0.2) is 14.4 Å². The molecule has 1 unspecified atom stereocenters. The van der Waals surface area contributed by atoms with Crippen molar-refractivity contribution in [2.24, 2.45) is 10.9 Å². The average molecular weight is 408 g/mol. The third-order valence-electron chi connectivity index (χ3n) is 5.99. The van der Waals surface area contributed by atoms with Crippen LogP contribution in [0.15, 0.2) is 35.3 Å². The maximum atomic E-state index is 11.5. The number of aliphatic hydroxyl groups is 2. The van der Waals surface area contributed by atoms with Gasteiger partial charge in [-0.3, -0.25) is 0 Å². The van der Waals surface area contributed by atoms with Crippen molar-refractivity contribution in [3.05, 3.63) is 35.9 Å². The first-order chi connectivity index (χ1) is 12.7. The monoisotopic (exact) mass is 407 g/mol. The summed E-state index contributed by atoms with van der Waals surface area (Å²) in [5, 5.41) is 22.9. The van der Waals surface area contributed by atoms with Gasteiger partial charge < -0.3 is 19.4 Å². The van der Waals surface area contributed by atoms with Crippen molar-refractivity contribution in [2.45, 2.75) is 83.5 Å². The van der Waals surface area contributed by atoms with Crippen LogP contribution in [0.5, 0.6) is 0 Å². The van der Waals surface area contributed by atoms with Gasteiger partial charge in [-0.15, -0.1) is 0 Å². The molecule has 1 aromatic carbocycles. The Balaban J connectivity index is 2.34. The molecule has 1 aromatic rings. The Labute approximate surface area is 170 Å². The van der Waals surface area contributed by atoms with Crippen LogP contribution in [-0.2, 0) is 9.16 Å². The van der Waals surface area contributed by atoms with Gasteiger partial charge in [0, 0.05) is 5.56 Å². The zero-order valence-electron chi connectivity index (χ0n) is 18.6. The van der Waals surface area contributed by atoms with Crippen LogP contribution < -0.4 is 0 Å². The van der Waals surface area contributed by atoms with Crippen LogP contribution in [0.25, 0.3) is 0 Å². The molecule has 0 bridgehead atoms. The normalized spacial score (nSPS) is 25.4. The van der Waals surface area contributed by atoms with Gasteiger partial charge in [-0.1, -0.05) is 52.8 Å². The quantitative estimate of drug-likeness (QED) is 0.660. The highest BCUT2D eigenvalue weighted by atomic mass is 28.4. The van der Waals surface area contributed by atoms with Crippen molar-refractivity contribution < 1.29 is 19.4 Å². The second-order valence-corrected chi connectivity index (χ2v) is 14.9. The lowest BCUT2D eigenvalue weighted by molar-refractivity contribution is -0.188. The third kappa shape index (κ3) is 4.67. The van der Waals surface area contributed by atoms with E-state index < -0.39 is 25.7 Å². The molecule has 158 valence electrons. The van der Waals surface area contributed by atoms with Gasteiger partial charge in [0.1, 0.15) is 5.60 Å². The van der Waals surface area contributed by atoms with Crippen molar-refractivity contribution in [1.29, 1.82) is 0 Å². The number of hydrogen-bond acceptors (Lipinski definition) is 5. The minimum atomic E-state index is -2.09. The molecule has 1 aliphatic rings. The lowest BCUT2D eigenvalue weighted by Gasteiger charge is -2.43. The molecule has 0 radical (unpaired) electrons. The molecule has 2 N–H and O–H groups in total. The third-order valence-corrected chi connectivity index (χ3v) is 10.5. The molecular formula is C22H37NO4Si. The van der Waals surface area contributed by atoms with Crippen molar-refractivity contribution >= 4 is 14.2 Å². The fourth-order valence-corrected chi connectivity index (χ4v) is 4.01. The van der Waals surface area contributed by atoms with Crippen LogP contribution in [0.1, 0.15) is 53.5 Å². The molecule has 6 heteroatoms. The second-order valence-electron chi connectivity index (χ2n) is 10.1. The highest BCUT2D eigenvalue weighted by Crippen LogP contribution is 2.41.